The van der Waals surface area contributed by atoms with Crippen molar-refractivity contribution in [2.75, 3.05) is 6.61 Å². The van der Waals surface area contributed by atoms with Gasteiger partial charge in [-0.05, 0) is 25.2 Å². The fourth-order valence-electron chi connectivity index (χ4n) is 2.53. The Morgan fingerprint density at radius 3 is 2.81 bits per heavy atom. The average molecular weight is 227 g/mol. The summed E-state index contributed by atoms with van der Waals surface area (Å²) in [4.78, 5) is 11.9. The van der Waals surface area contributed by atoms with Crippen LogP contribution >= 0.6 is 0 Å². The van der Waals surface area contributed by atoms with Crippen LogP contribution in [-0.4, -0.2) is 23.2 Å². The summed E-state index contributed by atoms with van der Waals surface area (Å²) in [7, 11) is 0. The molecule has 94 valence electrons. The van der Waals surface area contributed by atoms with E-state index in [1.54, 1.807) is 0 Å². The second-order valence-corrected chi connectivity index (χ2v) is 5.44. The number of nitrogens with one attached hydrogen (secondary N) is 1. The van der Waals surface area contributed by atoms with E-state index >= 15 is 0 Å². The molecule has 1 aliphatic rings. The van der Waals surface area contributed by atoms with Crippen molar-refractivity contribution in [2.24, 2.45) is 11.8 Å². The van der Waals surface area contributed by atoms with Gasteiger partial charge >= 0.3 is 0 Å². The molecule has 3 unspecified atom stereocenters. The van der Waals surface area contributed by atoms with Gasteiger partial charge in [-0.3, -0.25) is 4.79 Å². The standard InChI is InChI=1S/C13H25NO2/c1-4-11(3)12(16)14-13(9-15)7-5-6-10(2)8-13/h10-11,15H,4-9H2,1-3H3,(H,14,16). The molecule has 0 heterocycles. The first-order valence-electron chi connectivity index (χ1n) is 6.46. The molecule has 1 fully saturated rings. The van der Waals surface area contributed by atoms with Crippen LogP contribution in [0.3, 0.4) is 0 Å². The number of hydrogen-bond acceptors (Lipinski definition) is 2. The van der Waals surface area contributed by atoms with Crippen LogP contribution in [0.5, 0.6) is 0 Å². The third-order valence-electron chi connectivity index (χ3n) is 3.84. The molecule has 0 bridgehead atoms. The van der Waals surface area contributed by atoms with Crippen LogP contribution < -0.4 is 5.32 Å². The van der Waals surface area contributed by atoms with Crippen molar-refractivity contribution in [1.82, 2.24) is 5.32 Å². The maximum atomic E-state index is 11.9. The Balaban J connectivity index is 2.62. The van der Waals surface area contributed by atoms with Gasteiger partial charge < -0.3 is 10.4 Å². The molecule has 0 spiro atoms. The van der Waals surface area contributed by atoms with E-state index in [4.69, 9.17) is 0 Å². The number of amides is 1. The highest BCUT2D eigenvalue weighted by Crippen LogP contribution is 2.32. The molecule has 1 rings (SSSR count). The Morgan fingerprint density at radius 2 is 2.31 bits per heavy atom. The molecule has 0 saturated heterocycles. The van der Waals surface area contributed by atoms with E-state index in [0.717, 1.165) is 25.7 Å². The topological polar surface area (TPSA) is 49.3 Å². The summed E-state index contributed by atoms with van der Waals surface area (Å²) in [5.74, 6) is 0.726. The van der Waals surface area contributed by atoms with Crippen LogP contribution in [-0.2, 0) is 4.79 Å². The highest BCUT2D eigenvalue weighted by atomic mass is 16.3. The van der Waals surface area contributed by atoms with Gasteiger partial charge in [0.05, 0.1) is 12.1 Å². The van der Waals surface area contributed by atoms with Crippen molar-refractivity contribution in [3.8, 4) is 0 Å². The van der Waals surface area contributed by atoms with Crippen molar-refractivity contribution in [3.63, 3.8) is 0 Å². The van der Waals surface area contributed by atoms with Crippen LogP contribution in [0, 0.1) is 11.8 Å². The van der Waals surface area contributed by atoms with E-state index in [0.29, 0.717) is 5.92 Å². The lowest BCUT2D eigenvalue weighted by atomic mass is 9.76. The predicted molar refractivity (Wildman–Crippen MR) is 65.0 cm³/mol. The lowest BCUT2D eigenvalue weighted by molar-refractivity contribution is -0.128. The summed E-state index contributed by atoms with van der Waals surface area (Å²) in [6.45, 7) is 6.21. The lowest BCUT2D eigenvalue weighted by Crippen LogP contribution is -2.55. The molecule has 1 saturated carbocycles. The minimum atomic E-state index is -0.349. The Labute approximate surface area is 98.6 Å². The van der Waals surface area contributed by atoms with Gasteiger partial charge in [0.2, 0.25) is 5.91 Å². The molecule has 0 aromatic rings. The summed E-state index contributed by atoms with van der Waals surface area (Å²) in [6, 6.07) is 0. The first-order valence-corrected chi connectivity index (χ1v) is 6.46. The number of carbonyl (C=O) groups excluding carboxylic acids is 1. The smallest absolute Gasteiger partial charge is 0.223 e. The molecule has 3 nitrogen and oxygen atoms in total. The van der Waals surface area contributed by atoms with Gasteiger partial charge in [0, 0.05) is 5.92 Å². The highest BCUT2D eigenvalue weighted by Gasteiger charge is 2.36. The maximum Gasteiger partial charge on any atom is 0.223 e. The number of hydrogen-bond donors (Lipinski definition) is 2. The minimum Gasteiger partial charge on any atom is -0.394 e. The van der Waals surface area contributed by atoms with Crippen molar-refractivity contribution in [1.29, 1.82) is 0 Å². The lowest BCUT2D eigenvalue weighted by Gasteiger charge is -2.40. The molecular weight excluding hydrogens is 202 g/mol. The zero-order valence-corrected chi connectivity index (χ0v) is 10.8. The monoisotopic (exact) mass is 227 g/mol. The SMILES string of the molecule is CCC(C)C(=O)NC1(CO)CCCC(C)C1. The van der Waals surface area contributed by atoms with Crippen molar-refractivity contribution in [3.05, 3.63) is 0 Å². The van der Waals surface area contributed by atoms with Gasteiger partial charge in [-0.15, -0.1) is 0 Å². The van der Waals surface area contributed by atoms with E-state index in [2.05, 4.69) is 12.2 Å². The number of aliphatic hydroxyl groups excluding tert-OH is 1. The van der Waals surface area contributed by atoms with Crippen LogP contribution in [0.25, 0.3) is 0 Å². The van der Waals surface area contributed by atoms with Gasteiger partial charge in [-0.25, -0.2) is 0 Å². The molecule has 2 N–H and O–H groups in total. The number of rotatable bonds is 4. The zero-order chi connectivity index (χ0) is 12.2. The molecule has 1 amide bonds. The Hall–Kier alpha value is -0.570. The fourth-order valence-corrected chi connectivity index (χ4v) is 2.53. The predicted octanol–water partition coefficient (Wildman–Crippen LogP) is 2.09. The van der Waals surface area contributed by atoms with Crippen molar-refractivity contribution in [2.45, 2.75) is 58.4 Å². The molecular formula is C13H25NO2. The Kier molecular flexibility index (Phi) is 4.78. The Morgan fingerprint density at radius 1 is 1.62 bits per heavy atom. The van der Waals surface area contributed by atoms with Crippen LogP contribution in [0.4, 0.5) is 0 Å². The van der Waals surface area contributed by atoms with E-state index in [1.807, 2.05) is 13.8 Å². The largest absolute Gasteiger partial charge is 0.394 e. The zero-order valence-electron chi connectivity index (χ0n) is 10.8. The molecule has 0 radical (unpaired) electrons. The van der Waals surface area contributed by atoms with Crippen molar-refractivity contribution < 1.29 is 9.90 Å². The van der Waals surface area contributed by atoms with E-state index in [-0.39, 0.29) is 24.0 Å². The summed E-state index contributed by atoms with van der Waals surface area (Å²) < 4.78 is 0. The Bertz CT molecular complexity index is 242. The van der Waals surface area contributed by atoms with Gasteiger partial charge in [0.25, 0.3) is 0 Å². The second kappa shape index (κ2) is 5.67. The third kappa shape index (κ3) is 3.21. The summed E-state index contributed by atoms with van der Waals surface area (Å²) in [6.07, 6.45) is 4.98. The second-order valence-electron chi connectivity index (χ2n) is 5.44. The molecule has 0 aromatic heterocycles. The molecule has 0 aromatic carbocycles. The van der Waals surface area contributed by atoms with Crippen LogP contribution in [0.15, 0.2) is 0 Å². The first-order chi connectivity index (χ1) is 7.53. The summed E-state index contributed by atoms with van der Waals surface area (Å²) in [5.41, 5.74) is -0.349. The summed E-state index contributed by atoms with van der Waals surface area (Å²) >= 11 is 0. The molecule has 16 heavy (non-hydrogen) atoms. The van der Waals surface area contributed by atoms with E-state index in [9.17, 15) is 9.90 Å². The molecule has 0 aliphatic heterocycles. The van der Waals surface area contributed by atoms with Gasteiger partial charge in [0.15, 0.2) is 0 Å². The van der Waals surface area contributed by atoms with Gasteiger partial charge in [0.1, 0.15) is 0 Å². The van der Waals surface area contributed by atoms with Crippen molar-refractivity contribution >= 4 is 5.91 Å². The van der Waals surface area contributed by atoms with Crippen LogP contribution in [0.2, 0.25) is 0 Å². The summed E-state index contributed by atoms with van der Waals surface area (Å²) in [5, 5.41) is 12.6. The fraction of sp³-hybridized carbons (Fsp3) is 0.923. The van der Waals surface area contributed by atoms with E-state index in [1.165, 1.54) is 6.42 Å². The normalized spacial score (nSPS) is 32.1. The third-order valence-corrected chi connectivity index (χ3v) is 3.84. The van der Waals surface area contributed by atoms with E-state index < -0.39 is 0 Å². The molecule has 3 heteroatoms. The quantitative estimate of drug-likeness (QED) is 0.772. The maximum absolute atomic E-state index is 11.9. The minimum absolute atomic E-state index is 0.0423. The molecule has 1 aliphatic carbocycles. The van der Waals surface area contributed by atoms with Gasteiger partial charge in [-0.1, -0.05) is 33.6 Å². The number of aliphatic hydroxyl groups is 1. The van der Waals surface area contributed by atoms with Gasteiger partial charge in [-0.2, -0.15) is 0 Å². The average Bonchev–Trinajstić information content (AvgIpc) is 2.27. The highest BCUT2D eigenvalue weighted by molar-refractivity contribution is 5.79. The number of carbonyl (C=O) groups is 1. The first kappa shape index (κ1) is 13.5. The molecule has 3 atom stereocenters. The van der Waals surface area contributed by atoms with Crippen LogP contribution in [0.1, 0.15) is 52.9 Å².